The van der Waals surface area contributed by atoms with Crippen molar-refractivity contribution >= 4 is 27.2 Å². The Labute approximate surface area is 188 Å². The number of hydrogen-bond acceptors (Lipinski definition) is 6. The van der Waals surface area contributed by atoms with Crippen LogP contribution in [0, 0.1) is 6.92 Å². The lowest BCUT2D eigenvalue weighted by Gasteiger charge is -2.17. The Kier molecular flexibility index (Phi) is 5.97. The Hall–Kier alpha value is -3.25. The predicted octanol–water partition coefficient (Wildman–Crippen LogP) is 4.98. The molecule has 0 spiro atoms. The number of rotatable bonds is 5. The fourth-order valence-electron chi connectivity index (χ4n) is 3.59. The highest BCUT2D eigenvalue weighted by atomic mass is 32.2. The molecule has 3 aromatic rings. The molecule has 2 N–H and O–H groups in total. The summed E-state index contributed by atoms with van der Waals surface area (Å²) >= 11 is 0. The Morgan fingerprint density at radius 1 is 1.03 bits per heavy atom. The van der Waals surface area contributed by atoms with E-state index in [-0.39, 0.29) is 16.4 Å². The van der Waals surface area contributed by atoms with E-state index in [4.69, 9.17) is 5.73 Å². The lowest BCUT2D eigenvalue weighted by atomic mass is 10.2. The second-order valence-electron chi connectivity index (χ2n) is 7.56. The number of nitrogens with zero attached hydrogens (tertiary/aromatic N) is 5. The number of alkyl halides is 3. The van der Waals surface area contributed by atoms with E-state index >= 15 is 0 Å². The van der Waals surface area contributed by atoms with Gasteiger partial charge in [-0.05, 0) is 50.1 Å². The molecule has 1 saturated heterocycles. The van der Waals surface area contributed by atoms with Crippen LogP contribution in [0.25, 0.3) is 5.69 Å². The van der Waals surface area contributed by atoms with Crippen molar-refractivity contribution in [2.75, 3.05) is 18.8 Å². The van der Waals surface area contributed by atoms with Gasteiger partial charge < -0.3 is 5.73 Å². The Balaban J connectivity index is 1.79. The van der Waals surface area contributed by atoms with Crippen molar-refractivity contribution in [3.8, 4) is 5.69 Å². The van der Waals surface area contributed by atoms with Gasteiger partial charge in [-0.15, -0.1) is 10.2 Å². The molecule has 2 aromatic carbocycles. The molecule has 4 rings (SSSR count). The Morgan fingerprint density at radius 2 is 1.70 bits per heavy atom. The minimum Gasteiger partial charge on any atom is -0.382 e. The third-order valence-corrected chi connectivity index (χ3v) is 7.24. The van der Waals surface area contributed by atoms with Gasteiger partial charge in [0.05, 0.1) is 16.9 Å². The van der Waals surface area contributed by atoms with E-state index in [2.05, 4.69) is 15.3 Å². The molecular formula is C21H21F3N6O2S. The number of aryl methyl sites for hydroxylation is 1. The molecule has 0 atom stereocenters. The van der Waals surface area contributed by atoms with Crippen LogP contribution >= 0.6 is 0 Å². The van der Waals surface area contributed by atoms with E-state index in [1.807, 2.05) is 6.07 Å². The molecule has 0 aliphatic carbocycles. The zero-order valence-electron chi connectivity index (χ0n) is 17.6. The van der Waals surface area contributed by atoms with Crippen LogP contribution in [0.2, 0.25) is 0 Å². The molecule has 33 heavy (non-hydrogen) atoms. The number of hydrogen-bond donors (Lipinski definition) is 1. The average molecular weight is 479 g/mol. The molecule has 0 unspecified atom stereocenters. The topological polar surface area (TPSA) is 106 Å². The molecule has 174 valence electrons. The number of anilines is 1. The first-order valence-electron chi connectivity index (χ1n) is 10.1. The predicted molar refractivity (Wildman–Crippen MR) is 116 cm³/mol. The van der Waals surface area contributed by atoms with Crippen LogP contribution < -0.4 is 5.73 Å². The summed E-state index contributed by atoms with van der Waals surface area (Å²) in [5.41, 5.74) is 5.91. The summed E-state index contributed by atoms with van der Waals surface area (Å²) in [6.07, 6.45) is -3.30. The van der Waals surface area contributed by atoms with Gasteiger partial charge in [-0.1, -0.05) is 18.2 Å². The molecule has 2 heterocycles. The highest BCUT2D eigenvalue weighted by molar-refractivity contribution is 7.89. The average Bonchev–Trinajstić information content (AvgIpc) is 3.41. The Morgan fingerprint density at radius 3 is 2.33 bits per heavy atom. The highest BCUT2D eigenvalue weighted by Crippen LogP contribution is 2.38. The molecule has 0 bridgehead atoms. The normalized spacial score (nSPS) is 15.5. The third-order valence-electron chi connectivity index (χ3n) is 5.29. The van der Waals surface area contributed by atoms with Crippen molar-refractivity contribution in [3.05, 3.63) is 59.8 Å². The largest absolute Gasteiger partial charge is 0.416 e. The summed E-state index contributed by atoms with van der Waals surface area (Å²) in [6, 6.07) is 11.3. The summed E-state index contributed by atoms with van der Waals surface area (Å²) < 4.78 is 68.7. The standard InChI is InChI=1S/C21H21F3N6O2S/c1-14-19(20(25)30(28-14)16-7-3-2-4-8-16)27-26-17-13-15(21(22,23)24)9-10-18(17)33(31,32)29-11-5-6-12-29/h2-4,7-10,13H,5-6,11-12,25H2,1H3/b27-26+. The maximum atomic E-state index is 13.3. The third kappa shape index (κ3) is 4.48. The van der Waals surface area contributed by atoms with Crippen LogP contribution in [0.1, 0.15) is 24.1 Å². The molecule has 1 aromatic heterocycles. The minimum atomic E-state index is -4.67. The fourth-order valence-corrected chi connectivity index (χ4v) is 5.21. The zero-order valence-corrected chi connectivity index (χ0v) is 18.4. The monoisotopic (exact) mass is 478 g/mol. The van der Waals surface area contributed by atoms with Crippen LogP contribution in [0.15, 0.2) is 63.7 Å². The van der Waals surface area contributed by atoms with E-state index in [1.165, 1.54) is 8.99 Å². The van der Waals surface area contributed by atoms with Crippen molar-refractivity contribution in [2.24, 2.45) is 10.2 Å². The summed E-state index contributed by atoms with van der Waals surface area (Å²) in [5, 5.41) is 12.2. The van der Waals surface area contributed by atoms with Crippen LogP contribution in [0.4, 0.5) is 30.4 Å². The van der Waals surface area contributed by atoms with Crippen molar-refractivity contribution < 1.29 is 21.6 Å². The fraction of sp³-hybridized carbons (Fsp3) is 0.286. The van der Waals surface area contributed by atoms with Crippen LogP contribution in [-0.4, -0.2) is 35.6 Å². The number of azo groups is 1. The summed E-state index contributed by atoms with van der Waals surface area (Å²) in [5.74, 6) is 0.123. The van der Waals surface area contributed by atoms with E-state index in [0.717, 1.165) is 12.1 Å². The number of nitrogens with two attached hydrogens (primary N) is 1. The second-order valence-corrected chi connectivity index (χ2v) is 9.46. The molecule has 0 saturated carbocycles. The van der Waals surface area contributed by atoms with Gasteiger partial charge in [0.25, 0.3) is 0 Å². The molecule has 1 aliphatic heterocycles. The van der Waals surface area contributed by atoms with Crippen molar-refractivity contribution in [1.29, 1.82) is 0 Å². The molecule has 1 aliphatic rings. The summed E-state index contributed by atoms with van der Waals surface area (Å²) in [4.78, 5) is -0.340. The first kappa shape index (κ1) is 22.9. The van der Waals surface area contributed by atoms with E-state index in [1.54, 1.807) is 31.2 Å². The minimum absolute atomic E-state index is 0.123. The lowest BCUT2D eigenvalue weighted by Crippen LogP contribution is -2.28. The smallest absolute Gasteiger partial charge is 0.382 e. The van der Waals surface area contributed by atoms with E-state index < -0.39 is 27.5 Å². The van der Waals surface area contributed by atoms with Crippen molar-refractivity contribution in [1.82, 2.24) is 14.1 Å². The van der Waals surface area contributed by atoms with E-state index in [9.17, 15) is 21.6 Å². The maximum absolute atomic E-state index is 13.3. The molecule has 0 amide bonds. The SMILES string of the molecule is Cc1nn(-c2ccccc2)c(N)c1/N=N/c1cc(C(F)(F)F)ccc1S(=O)(=O)N1CCCC1. The first-order valence-corrected chi connectivity index (χ1v) is 11.6. The molecule has 0 radical (unpaired) electrons. The second kappa shape index (κ2) is 8.60. The number of sulfonamides is 1. The van der Waals surface area contributed by atoms with Crippen LogP contribution in [0.3, 0.4) is 0 Å². The maximum Gasteiger partial charge on any atom is 0.416 e. The molecule has 8 nitrogen and oxygen atoms in total. The number of aromatic nitrogens is 2. The molecule has 1 fully saturated rings. The van der Waals surface area contributed by atoms with Gasteiger partial charge in [-0.25, -0.2) is 13.1 Å². The van der Waals surface area contributed by atoms with Gasteiger partial charge in [0.15, 0.2) is 11.5 Å². The van der Waals surface area contributed by atoms with Crippen LogP contribution in [-0.2, 0) is 16.2 Å². The first-order chi connectivity index (χ1) is 15.6. The van der Waals surface area contributed by atoms with Crippen LogP contribution in [0.5, 0.6) is 0 Å². The van der Waals surface area contributed by atoms with Crippen molar-refractivity contribution in [2.45, 2.75) is 30.8 Å². The van der Waals surface area contributed by atoms with Crippen molar-refractivity contribution in [3.63, 3.8) is 0 Å². The number of para-hydroxylation sites is 1. The zero-order chi connectivity index (χ0) is 23.8. The number of benzene rings is 2. The lowest BCUT2D eigenvalue weighted by molar-refractivity contribution is -0.137. The summed E-state index contributed by atoms with van der Waals surface area (Å²) in [7, 11) is -4.03. The number of nitrogen functional groups attached to an aromatic ring is 1. The molecular weight excluding hydrogens is 457 g/mol. The van der Waals surface area contributed by atoms with Gasteiger partial charge in [-0.2, -0.15) is 22.6 Å². The van der Waals surface area contributed by atoms with Gasteiger partial charge in [0.1, 0.15) is 10.6 Å². The molecule has 12 heteroatoms. The van der Waals surface area contributed by atoms with Gasteiger partial charge >= 0.3 is 6.18 Å². The quantitative estimate of drug-likeness (QED) is 0.522. The summed E-state index contributed by atoms with van der Waals surface area (Å²) in [6.45, 7) is 2.23. The van der Waals surface area contributed by atoms with E-state index in [0.29, 0.717) is 43.4 Å². The number of halogens is 3. The van der Waals surface area contributed by atoms with Gasteiger partial charge in [0, 0.05) is 13.1 Å². The Bertz CT molecular complexity index is 1300. The highest BCUT2D eigenvalue weighted by Gasteiger charge is 2.34. The van der Waals surface area contributed by atoms with Gasteiger partial charge in [-0.3, -0.25) is 0 Å². The van der Waals surface area contributed by atoms with Gasteiger partial charge in [0.2, 0.25) is 10.0 Å².